The number of aromatic nitrogens is 2. The molecule has 0 unspecified atom stereocenters. The van der Waals surface area contributed by atoms with E-state index in [2.05, 4.69) is 15.3 Å². The highest BCUT2D eigenvalue weighted by atomic mass is 19.4. The number of hydrogen-bond donors (Lipinski definition) is 1. The van der Waals surface area contributed by atoms with E-state index >= 15 is 0 Å². The van der Waals surface area contributed by atoms with E-state index in [0.717, 1.165) is 12.1 Å². The lowest BCUT2D eigenvalue weighted by atomic mass is 10.1. The molecule has 0 atom stereocenters. The van der Waals surface area contributed by atoms with Crippen LogP contribution in [0.15, 0.2) is 54.7 Å². The summed E-state index contributed by atoms with van der Waals surface area (Å²) in [6.07, 6.45) is -3.12. The minimum atomic E-state index is -4.42. The second-order valence-corrected chi connectivity index (χ2v) is 5.73. The zero-order valence-electron chi connectivity index (χ0n) is 14.0. The molecule has 3 rings (SSSR count). The molecule has 27 heavy (non-hydrogen) atoms. The number of aryl methyl sites for hydroxylation is 1. The van der Waals surface area contributed by atoms with E-state index in [0.29, 0.717) is 16.9 Å². The van der Waals surface area contributed by atoms with E-state index in [9.17, 15) is 22.4 Å². The van der Waals surface area contributed by atoms with E-state index in [-0.39, 0.29) is 11.4 Å². The fourth-order valence-corrected chi connectivity index (χ4v) is 2.37. The van der Waals surface area contributed by atoms with Gasteiger partial charge in [0.1, 0.15) is 5.82 Å². The van der Waals surface area contributed by atoms with Gasteiger partial charge in [-0.05, 0) is 43.3 Å². The SMILES string of the molecule is Cc1nc(-c2ccc(C(F)(F)F)cc2)ncc1C(=O)Nc1ccc(F)cc1. The highest BCUT2D eigenvalue weighted by Gasteiger charge is 2.30. The molecule has 0 saturated carbocycles. The summed E-state index contributed by atoms with van der Waals surface area (Å²) in [5, 5.41) is 2.60. The van der Waals surface area contributed by atoms with Crippen molar-refractivity contribution in [1.82, 2.24) is 9.97 Å². The van der Waals surface area contributed by atoms with Gasteiger partial charge in [0.15, 0.2) is 5.82 Å². The van der Waals surface area contributed by atoms with Gasteiger partial charge in [-0.15, -0.1) is 0 Å². The van der Waals surface area contributed by atoms with Crippen LogP contribution in [0.5, 0.6) is 0 Å². The number of anilines is 1. The number of carbonyl (C=O) groups excluding carboxylic acids is 1. The van der Waals surface area contributed by atoms with E-state index in [1.165, 1.54) is 42.6 Å². The van der Waals surface area contributed by atoms with Crippen molar-refractivity contribution in [2.24, 2.45) is 0 Å². The van der Waals surface area contributed by atoms with Crippen molar-refractivity contribution in [2.75, 3.05) is 5.32 Å². The zero-order chi connectivity index (χ0) is 19.6. The van der Waals surface area contributed by atoms with Crippen LogP contribution in [-0.4, -0.2) is 15.9 Å². The van der Waals surface area contributed by atoms with Gasteiger partial charge in [-0.25, -0.2) is 14.4 Å². The molecule has 4 nitrogen and oxygen atoms in total. The van der Waals surface area contributed by atoms with Crippen LogP contribution in [0.3, 0.4) is 0 Å². The van der Waals surface area contributed by atoms with Crippen molar-refractivity contribution in [3.8, 4) is 11.4 Å². The van der Waals surface area contributed by atoms with Gasteiger partial charge in [0, 0.05) is 17.4 Å². The normalized spacial score (nSPS) is 11.3. The molecule has 0 bridgehead atoms. The predicted molar refractivity (Wildman–Crippen MR) is 91.6 cm³/mol. The van der Waals surface area contributed by atoms with E-state index < -0.39 is 23.5 Å². The molecule has 0 saturated heterocycles. The lowest BCUT2D eigenvalue weighted by Crippen LogP contribution is -2.15. The number of amides is 1. The van der Waals surface area contributed by atoms with Crippen LogP contribution in [-0.2, 0) is 6.18 Å². The van der Waals surface area contributed by atoms with Crippen LogP contribution in [0.25, 0.3) is 11.4 Å². The Morgan fingerprint density at radius 2 is 1.63 bits per heavy atom. The maximum Gasteiger partial charge on any atom is 0.416 e. The molecule has 0 aliphatic carbocycles. The first-order valence-electron chi connectivity index (χ1n) is 7.82. The van der Waals surface area contributed by atoms with Crippen LogP contribution in [0.4, 0.5) is 23.2 Å². The standard InChI is InChI=1S/C19H13F4N3O/c1-11-16(18(27)26-15-8-6-14(20)7-9-15)10-24-17(25-11)12-2-4-13(5-3-12)19(21,22)23/h2-10H,1H3,(H,26,27). The molecule has 1 N–H and O–H groups in total. The van der Waals surface area contributed by atoms with Crippen LogP contribution in [0, 0.1) is 12.7 Å². The average Bonchev–Trinajstić information content (AvgIpc) is 2.63. The minimum Gasteiger partial charge on any atom is -0.322 e. The quantitative estimate of drug-likeness (QED) is 0.665. The molecule has 1 amide bonds. The van der Waals surface area contributed by atoms with Crippen molar-refractivity contribution in [2.45, 2.75) is 13.1 Å². The molecule has 8 heteroatoms. The zero-order valence-corrected chi connectivity index (χ0v) is 14.0. The first-order valence-corrected chi connectivity index (χ1v) is 7.82. The fraction of sp³-hybridized carbons (Fsp3) is 0.105. The molecule has 0 fully saturated rings. The smallest absolute Gasteiger partial charge is 0.322 e. The third kappa shape index (κ3) is 4.28. The molecule has 1 aromatic heterocycles. The molecule has 2 aromatic carbocycles. The first kappa shape index (κ1) is 18.5. The Morgan fingerprint density at radius 3 is 2.19 bits per heavy atom. The van der Waals surface area contributed by atoms with Crippen LogP contribution in [0.1, 0.15) is 21.6 Å². The monoisotopic (exact) mass is 375 g/mol. The van der Waals surface area contributed by atoms with Gasteiger partial charge >= 0.3 is 6.18 Å². The summed E-state index contributed by atoms with van der Waals surface area (Å²) in [6.45, 7) is 1.59. The molecule has 3 aromatic rings. The third-order valence-corrected chi connectivity index (χ3v) is 3.80. The molecule has 0 radical (unpaired) electrons. The van der Waals surface area contributed by atoms with Crippen molar-refractivity contribution in [3.05, 3.63) is 77.4 Å². The van der Waals surface area contributed by atoms with Gasteiger partial charge in [-0.1, -0.05) is 12.1 Å². The average molecular weight is 375 g/mol. The number of carbonyl (C=O) groups is 1. The van der Waals surface area contributed by atoms with Crippen molar-refractivity contribution in [1.29, 1.82) is 0 Å². The molecule has 0 spiro atoms. The second-order valence-electron chi connectivity index (χ2n) is 5.73. The largest absolute Gasteiger partial charge is 0.416 e. The summed E-state index contributed by atoms with van der Waals surface area (Å²) in [6, 6.07) is 9.71. The van der Waals surface area contributed by atoms with Crippen molar-refractivity contribution >= 4 is 11.6 Å². The third-order valence-electron chi connectivity index (χ3n) is 3.80. The molecular weight excluding hydrogens is 362 g/mol. The summed E-state index contributed by atoms with van der Waals surface area (Å²) < 4.78 is 50.8. The van der Waals surface area contributed by atoms with E-state index in [4.69, 9.17) is 0 Å². The number of nitrogens with one attached hydrogen (secondary N) is 1. The molecule has 138 valence electrons. The second kappa shape index (κ2) is 7.14. The van der Waals surface area contributed by atoms with Gasteiger partial charge in [0.2, 0.25) is 0 Å². The summed E-state index contributed by atoms with van der Waals surface area (Å²) in [4.78, 5) is 20.6. The number of halogens is 4. The van der Waals surface area contributed by atoms with Crippen LogP contribution < -0.4 is 5.32 Å². The van der Waals surface area contributed by atoms with E-state index in [1.807, 2.05) is 0 Å². The maximum absolute atomic E-state index is 12.9. The van der Waals surface area contributed by atoms with Crippen LogP contribution in [0.2, 0.25) is 0 Å². The predicted octanol–water partition coefficient (Wildman–Crippen LogP) is 4.86. The molecular formula is C19H13F4N3O. The number of rotatable bonds is 3. The highest BCUT2D eigenvalue weighted by Crippen LogP contribution is 2.30. The molecule has 0 aliphatic rings. The fourth-order valence-electron chi connectivity index (χ4n) is 2.37. The number of nitrogens with zero attached hydrogens (tertiary/aromatic N) is 2. The van der Waals surface area contributed by atoms with Crippen molar-refractivity contribution < 1.29 is 22.4 Å². The minimum absolute atomic E-state index is 0.204. The first-order chi connectivity index (χ1) is 12.7. The summed E-state index contributed by atoms with van der Waals surface area (Å²) in [5.41, 5.74) is 0.608. The van der Waals surface area contributed by atoms with Gasteiger partial charge in [-0.2, -0.15) is 13.2 Å². The Morgan fingerprint density at radius 1 is 1.00 bits per heavy atom. The highest BCUT2D eigenvalue weighted by molar-refractivity contribution is 6.04. The lowest BCUT2D eigenvalue weighted by molar-refractivity contribution is -0.137. The Balaban J connectivity index is 1.81. The topological polar surface area (TPSA) is 54.9 Å². The Hall–Kier alpha value is -3.29. The lowest BCUT2D eigenvalue weighted by Gasteiger charge is -2.09. The Kier molecular flexibility index (Phi) is 4.89. The number of alkyl halides is 3. The van der Waals surface area contributed by atoms with Gasteiger partial charge in [0.25, 0.3) is 5.91 Å². The van der Waals surface area contributed by atoms with Crippen LogP contribution >= 0.6 is 0 Å². The van der Waals surface area contributed by atoms with Gasteiger partial charge in [0.05, 0.1) is 16.8 Å². The number of benzene rings is 2. The number of hydrogen-bond acceptors (Lipinski definition) is 3. The Labute approximate surface area is 151 Å². The summed E-state index contributed by atoms with van der Waals surface area (Å²) in [5.74, 6) is -0.689. The maximum atomic E-state index is 12.9. The molecule has 1 heterocycles. The van der Waals surface area contributed by atoms with Crippen molar-refractivity contribution in [3.63, 3.8) is 0 Å². The van der Waals surface area contributed by atoms with Gasteiger partial charge < -0.3 is 5.32 Å². The molecule has 0 aliphatic heterocycles. The summed E-state index contributed by atoms with van der Waals surface area (Å²) in [7, 11) is 0. The summed E-state index contributed by atoms with van der Waals surface area (Å²) >= 11 is 0. The van der Waals surface area contributed by atoms with E-state index in [1.54, 1.807) is 6.92 Å². The van der Waals surface area contributed by atoms with Gasteiger partial charge in [-0.3, -0.25) is 4.79 Å². The Bertz CT molecular complexity index is 968.